The van der Waals surface area contributed by atoms with E-state index in [9.17, 15) is 14.4 Å². The van der Waals surface area contributed by atoms with Gasteiger partial charge in [0, 0.05) is 19.3 Å². The van der Waals surface area contributed by atoms with Gasteiger partial charge in [0.15, 0.2) is 0 Å². The molecule has 4 aliphatic rings. The summed E-state index contributed by atoms with van der Waals surface area (Å²) in [6.45, 7) is 16.6. The van der Waals surface area contributed by atoms with Gasteiger partial charge in [0.1, 0.15) is 0 Å². The third-order valence-corrected chi connectivity index (χ3v) is 8.85. The lowest BCUT2D eigenvalue weighted by molar-refractivity contribution is -0.219. The maximum absolute atomic E-state index is 12.8. The number of esters is 3. The molecule has 0 radical (unpaired) electrons. The van der Waals surface area contributed by atoms with Crippen molar-refractivity contribution >= 4 is 17.9 Å². The first-order valence-electron chi connectivity index (χ1n) is 12.8. The fourth-order valence-corrected chi connectivity index (χ4v) is 7.43. The van der Waals surface area contributed by atoms with Crippen molar-refractivity contribution in [2.75, 3.05) is 0 Å². The zero-order chi connectivity index (χ0) is 25.0. The first-order chi connectivity index (χ1) is 15.8. The molecule has 8 atom stereocenters. The van der Waals surface area contributed by atoms with Crippen LogP contribution in [-0.2, 0) is 33.3 Å². The number of allylic oxidation sites excluding steroid dienone is 1. The second-order valence-electron chi connectivity index (χ2n) is 12.2. The Morgan fingerprint density at radius 3 is 2.53 bits per heavy atom. The smallest absolute Gasteiger partial charge is 0.350 e. The van der Waals surface area contributed by atoms with Gasteiger partial charge < -0.3 is 18.9 Å². The SMILES string of the molecule is C=C1CCCC(C)(C)C2CCC(C)(C3C4OC(=O)C(OC(C)=O)C3C(OC(=O)CC(C)C)O4)C12. The minimum Gasteiger partial charge on any atom is -0.450 e. The lowest BCUT2D eigenvalue weighted by Crippen LogP contribution is -2.54. The molecule has 0 amide bonds. The zero-order valence-electron chi connectivity index (χ0n) is 21.4. The monoisotopic (exact) mass is 476 g/mol. The van der Waals surface area contributed by atoms with E-state index in [1.54, 1.807) is 0 Å². The Kier molecular flexibility index (Phi) is 6.64. The molecule has 2 aliphatic carbocycles. The molecule has 0 aromatic rings. The van der Waals surface area contributed by atoms with Gasteiger partial charge >= 0.3 is 17.9 Å². The molecular weight excluding hydrogens is 436 g/mol. The first-order valence-corrected chi connectivity index (χ1v) is 12.8. The summed E-state index contributed by atoms with van der Waals surface area (Å²) in [5.74, 6) is -1.69. The summed E-state index contributed by atoms with van der Waals surface area (Å²) in [5.41, 5.74) is 1.12. The standard InChI is InChI=1S/C27H40O7/c1-14(2)13-18(29)32-24-19-21(25(34-24)33-23(30)22(19)31-16(4)28)27(7)12-10-17-20(27)15(3)9-8-11-26(17,5)6/h14,17,19-22,24-25H,3,8-13H2,1-2,4-7H3. The van der Waals surface area contributed by atoms with E-state index >= 15 is 0 Å². The van der Waals surface area contributed by atoms with Crippen LogP contribution in [0.5, 0.6) is 0 Å². The molecule has 7 nitrogen and oxygen atoms in total. The molecule has 7 heteroatoms. The fourth-order valence-electron chi connectivity index (χ4n) is 7.43. The van der Waals surface area contributed by atoms with Crippen molar-refractivity contribution in [3.8, 4) is 0 Å². The van der Waals surface area contributed by atoms with Gasteiger partial charge in [-0.1, -0.05) is 46.8 Å². The summed E-state index contributed by atoms with van der Waals surface area (Å²) in [5, 5.41) is 0. The topological polar surface area (TPSA) is 88.1 Å². The molecule has 34 heavy (non-hydrogen) atoms. The summed E-state index contributed by atoms with van der Waals surface area (Å²) in [6.07, 6.45) is 2.44. The summed E-state index contributed by atoms with van der Waals surface area (Å²) >= 11 is 0. The Balaban J connectivity index is 1.72. The van der Waals surface area contributed by atoms with E-state index < -0.39 is 42.5 Å². The third-order valence-electron chi connectivity index (χ3n) is 8.85. The molecule has 0 spiro atoms. The van der Waals surface area contributed by atoms with Gasteiger partial charge in [0.05, 0.1) is 5.92 Å². The number of hydrogen-bond donors (Lipinski definition) is 0. The quantitative estimate of drug-likeness (QED) is 0.321. The summed E-state index contributed by atoms with van der Waals surface area (Å²) in [4.78, 5) is 37.3. The Bertz CT molecular complexity index is 861. The Morgan fingerprint density at radius 2 is 1.88 bits per heavy atom. The number of ether oxygens (including phenoxy) is 4. The zero-order valence-corrected chi connectivity index (χ0v) is 21.4. The largest absolute Gasteiger partial charge is 0.450 e. The van der Waals surface area contributed by atoms with Crippen LogP contribution >= 0.6 is 0 Å². The average molecular weight is 477 g/mol. The van der Waals surface area contributed by atoms with Crippen molar-refractivity contribution in [2.45, 2.75) is 98.8 Å². The summed E-state index contributed by atoms with van der Waals surface area (Å²) < 4.78 is 23.0. The van der Waals surface area contributed by atoms with Crippen molar-refractivity contribution in [1.82, 2.24) is 0 Å². The van der Waals surface area contributed by atoms with Gasteiger partial charge in [0.2, 0.25) is 18.7 Å². The number of carbonyl (C=O) groups is 3. The molecule has 8 unspecified atom stereocenters. The molecule has 0 N–H and O–H groups in total. The molecule has 2 saturated carbocycles. The molecule has 2 bridgehead atoms. The van der Waals surface area contributed by atoms with Crippen LogP contribution in [0.4, 0.5) is 0 Å². The molecule has 190 valence electrons. The van der Waals surface area contributed by atoms with Gasteiger partial charge in [-0.3, -0.25) is 9.59 Å². The predicted molar refractivity (Wildman–Crippen MR) is 124 cm³/mol. The molecule has 0 aromatic carbocycles. The normalized spacial score (nSPS) is 41.0. The van der Waals surface area contributed by atoms with Crippen LogP contribution in [0, 0.1) is 40.4 Å². The van der Waals surface area contributed by atoms with Gasteiger partial charge in [-0.05, 0) is 60.7 Å². The van der Waals surface area contributed by atoms with Crippen molar-refractivity contribution in [1.29, 1.82) is 0 Å². The summed E-state index contributed by atoms with van der Waals surface area (Å²) in [7, 11) is 0. The van der Waals surface area contributed by atoms with E-state index in [1.165, 1.54) is 12.5 Å². The average Bonchev–Trinajstić information content (AvgIpc) is 3.16. The summed E-state index contributed by atoms with van der Waals surface area (Å²) in [6, 6.07) is 0. The highest BCUT2D eigenvalue weighted by Gasteiger charge is 2.68. The molecule has 2 aliphatic heterocycles. The van der Waals surface area contributed by atoms with Crippen LogP contribution in [0.3, 0.4) is 0 Å². The predicted octanol–water partition coefficient (Wildman–Crippen LogP) is 4.78. The number of carbonyl (C=O) groups excluding carboxylic acids is 3. The molecule has 2 saturated heterocycles. The van der Waals surface area contributed by atoms with Crippen LogP contribution in [-0.4, -0.2) is 36.6 Å². The van der Waals surface area contributed by atoms with Crippen LogP contribution in [0.25, 0.3) is 0 Å². The maximum Gasteiger partial charge on any atom is 0.350 e. The van der Waals surface area contributed by atoms with E-state index in [2.05, 4.69) is 27.4 Å². The van der Waals surface area contributed by atoms with Gasteiger partial charge in [-0.25, -0.2) is 4.79 Å². The van der Waals surface area contributed by atoms with Crippen LogP contribution in [0.15, 0.2) is 12.2 Å². The lowest BCUT2D eigenvalue weighted by Gasteiger charge is -2.47. The van der Waals surface area contributed by atoms with E-state index in [1.807, 2.05) is 13.8 Å². The van der Waals surface area contributed by atoms with Gasteiger partial charge in [0.25, 0.3) is 0 Å². The van der Waals surface area contributed by atoms with Crippen molar-refractivity contribution < 1.29 is 33.3 Å². The molecular formula is C27H40O7. The third kappa shape index (κ3) is 4.29. The molecule has 4 rings (SSSR count). The minimum atomic E-state index is -1.17. The number of fused-ring (bicyclic) bond motifs is 3. The second-order valence-corrected chi connectivity index (χ2v) is 12.2. The van der Waals surface area contributed by atoms with Gasteiger partial charge in [-0.2, -0.15) is 0 Å². The lowest BCUT2D eigenvalue weighted by atomic mass is 9.58. The highest BCUT2D eigenvalue weighted by Crippen LogP contribution is 2.66. The van der Waals surface area contributed by atoms with Crippen molar-refractivity contribution in [3.63, 3.8) is 0 Å². The van der Waals surface area contributed by atoms with Gasteiger partial charge in [-0.15, -0.1) is 0 Å². The number of rotatable bonds is 5. The molecule has 0 aromatic heterocycles. The van der Waals surface area contributed by atoms with Crippen molar-refractivity contribution in [2.24, 2.45) is 40.4 Å². The van der Waals surface area contributed by atoms with Crippen molar-refractivity contribution in [3.05, 3.63) is 12.2 Å². The minimum absolute atomic E-state index is 0.121. The highest BCUT2D eigenvalue weighted by atomic mass is 16.8. The highest BCUT2D eigenvalue weighted by molar-refractivity contribution is 5.80. The van der Waals surface area contributed by atoms with Crippen LogP contribution in [0.2, 0.25) is 0 Å². The van der Waals surface area contributed by atoms with E-state index in [-0.39, 0.29) is 35.0 Å². The Hall–Kier alpha value is -1.89. The van der Waals surface area contributed by atoms with Crippen LogP contribution < -0.4 is 0 Å². The fraction of sp³-hybridized carbons (Fsp3) is 0.815. The first kappa shape index (κ1) is 25.2. The molecule has 2 heterocycles. The molecule has 4 fully saturated rings. The van der Waals surface area contributed by atoms with E-state index in [0.29, 0.717) is 5.92 Å². The van der Waals surface area contributed by atoms with E-state index in [4.69, 9.17) is 18.9 Å². The Morgan fingerprint density at radius 1 is 1.18 bits per heavy atom. The van der Waals surface area contributed by atoms with Crippen LogP contribution in [0.1, 0.15) is 80.1 Å². The number of hydrogen-bond acceptors (Lipinski definition) is 7. The maximum atomic E-state index is 12.8. The second kappa shape index (κ2) is 8.96. The Labute approximate surface area is 202 Å². The van der Waals surface area contributed by atoms with E-state index in [0.717, 1.165) is 32.1 Å².